The molecule has 1 nitrogen and oxygen atoms in total. The second-order valence-corrected chi connectivity index (χ2v) is 25.9. The third kappa shape index (κ3) is 6.81. The van der Waals surface area contributed by atoms with Gasteiger partial charge < -0.3 is 4.90 Å². The van der Waals surface area contributed by atoms with Crippen molar-refractivity contribution in [2.45, 2.75) is 63.2 Å². The number of anilines is 3. The quantitative estimate of drug-likeness (QED) is 0.144. The van der Waals surface area contributed by atoms with Crippen molar-refractivity contribution >= 4 is 38.6 Å². The molecule has 13 aromatic rings. The molecular weight excluding hydrogens is 1020 g/mol. The molecule has 13 aromatic carbocycles. The van der Waals surface area contributed by atoms with Gasteiger partial charge in [0.1, 0.15) is 0 Å². The maximum absolute atomic E-state index is 2.53. The van der Waals surface area contributed by atoms with Crippen molar-refractivity contribution in [2.75, 3.05) is 4.90 Å². The lowest BCUT2D eigenvalue weighted by Crippen LogP contribution is -2.28. The maximum Gasteiger partial charge on any atom is 0.0713 e. The second kappa shape index (κ2) is 17.9. The minimum Gasteiger partial charge on any atom is -0.310 e. The van der Waals surface area contributed by atoms with Gasteiger partial charge in [0, 0.05) is 33.3 Å². The number of fused-ring (bicyclic) bond motifs is 14. The molecule has 0 heterocycles. The van der Waals surface area contributed by atoms with Gasteiger partial charge in [-0.25, -0.2) is 0 Å². The molecule has 0 spiro atoms. The van der Waals surface area contributed by atoms with E-state index in [-0.39, 0.29) is 16.2 Å². The van der Waals surface area contributed by atoms with Crippen LogP contribution in [0.5, 0.6) is 0 Å². The van der Waals surface area contributed by atoms with Gasteiger partial charge in [-0.3, -0.25) is 0 Å². The van der Waals surface area contributed by atoms with E-state index in [1.165, 1.54) is 155 Å². The highest BCUT2D eigenvalue weighted by Crippen LogP contribution is 2.59. The zero-order chi connectivity index (χ0) is 57.1. The van der Waals surface area contributed by atoms with E-state index in [9.17, 15) is 0 Å². The summed E-state index contributed by atoms with van der Waals surface area (Å²) in [5.74, 6) is 0. The molecule has 0 atom stereocenters. The fourth-order valence-electron chi connectivity index (χ4n) is 16.5. The lowest BCUT2D eigenvalue weighted by atomic mass is 9.67. The molecule has 0 fully saturated rings. The molecule has 17 rings (SSSR count). The highest BCUT2D eigenvalue weighted by atomic mass is 15.1. The Hall–Kier alpha value is -9.82. The third-order valence-electron chi connectivity index (χ3n) is 20.5. The van der Waals surface area contributed by atoms with Crippen LogP contribution >= 0.6 is 0 Å². The van der Waals surface area contributed by atoms with Crippen LogP contribution in [0.3, 0.4) is 0 Å². The summed E-state index contributed by atoms with van der Waals surface area (Å²) < 4.78 is 0. The Kier molecular flexibility index (Phi) is 10.4. The van der Waals surface area contributed by atoms with Crippen molar-refractivity contribution in [1.82, 2.24) is 0 Å². The minimum absolute atomic E-state index is 0.141. The highest BCUT2D eigenvalue weighted by Gasteiger charge is 2.47. The fourth-order valence-corrected chi connectivity index (χ4v) is 16.5. The van der Waals surface area contributed by atoms with E-state index < -0.39 is 5.41 Å². The largest absolute Gasteiger partial charge is 0.310 e. The van der Waals surface area contributed by atoms with Gasteiger partial charge in [0.25, 0.3) is 0 Å². The zero-order valence-corrected chi connectivity index (χ0v) is 48.9. The van der Waals surface area contributed by atoms with Crippen molar-refractivity contribution in [3.05, 3.63) is 329 Å². The molecule has 0 aliphatic heterocycles. The Morgan fingerprint density at radius 3 is 0.918 bits per heavy atom. The molecule has 0 saturated heterocycles. The topological polar surface area (TPSA) is 3.24 Å². The first kappa shape index (κ1) is 49.8. The van der Waals surface area contributed by atoms with Gasteiger partial charge >= 0.3 is 0 Å². The van der Waals surface area contributed by atoms with E-state index >= 15 is 0 Å². The monoisotopic (exact) mass is 1090 g/mol. The Morgan fingerprint density at radius 1 is 0.224 bits per heavy atom. The molecule has 0 unspecified atom stereocenters. The predicted octanol–water partition coefficient (Wildman–Crippen LogP) is 22.1. The molecule has 85 heavy (non-hydrogen) atoms. The van der Waals surface area contributed by atoms with Gasteiger partial charge in [-0.05, 0) is 192 Å². The summed E-state index contributed by atoms with van der Waals surface area (Å²) in [4.78, 5) is 2.53. The van der Waals surface area contributed by atoms with E-state index in [1.807, 2.05) is 0 Å². The molecule has 0 aromatic heterocycles. The van der Waals surface area contributed by atoms with Crippen LogP contribution in [0.4, 0.5) is 17.1 Å². The Bertz CT molecular complexity index is 4770. The van der Waals surface area contributed by atoms with Gasteiger partial charge in [-0.15, -0.1) is 0 Å². The van der Waals surface area contributed by atoms with E-state index in [2.05, 4.69) is 319 Å². The first-order valence-electron chi connectivity index (χ1n) is 30.3. The molecule has 4 aliphatic carbocycles. The zero-order valence-electron chi connectivity index (χ0n) is 48.9. The molecule has 0 saturated carbocycles. The Labute approximate surface area is 499 Å². The van der Waals surface area contributed by atoms with Crippen molar-refractivity contribution in [1.29, 1.82) is 0 Å². The third-order valence-corrected chi connectivity index (χ3v) is 20.5. The average Bonchev–Trinajstić information content (AvgIpc) is 1.69. The van der Waals surface area contributed by atoms with Crippen molar-refractivity contribution in [3.63, 3.8) is 0 Å². The van der Waals surface area contributed by atoms with Gasteiger partial charge in [0.05, 0.1) is 5.41 Å². The summed E-state index contributed by atoms with van der Waals surface area (Å²) in [5, 5.41) is 5.01. The molecule has 0 N–H and O–H groups in total. The lowest BCUT2D eigenvalue weighted by Gasteiger charge is -2.34. The molecule has 0 bridgehead atoms. The van der Waals surface area contributed by atoms with Crippen LogP contribution < -0.4 is 4.90 Å². The summed E-state index contributed by atoms with van der Waals surface area (Å²) in [7, 11) is 0. The summed E-state index contributed by atoms with van der Waals surface area (Å²) >= 11 is 0. The van der Waals surface area contributed by atoms with Crippen LogP contribution in [0.1, 0.15) is 97.2 Å². The molecule has 0 radical (unpaired) electrons. The van der Waals surface area contributed by atoms with Crippen LogP contribution in [0.25, 0.3) is 88.3 Å². The molecular formula is C84H63N. The predicted molar refractivity (Wildman–Crippen MR) is 357 cm³/mol. The molecule has 1 heteroatoms. The standard InChI is InChI=1S/C84H63N/c1-81(2)71-34-20-17-27-59(71)63-44-39-56(49-75(63)81)85(57-40-45-64-60-28-18-21-35-72(60)82(3,4)76(64)50-57)58-41-46-65-62-42-37-52(47-74(62)83(5,6)77(65)51-58)79-67-30-13-15-32-69(67)80(70-33-16-14-31-68(70)79)53-38-43-66-61-29-19-22-36-73(61)84(78(66)48-53,54-23-9-7-10-24-54)55-25-11-8-12-26-55/h7-51H,1-6H3. The Balaban J connectivity index is 0.807. The highest BCUT2D eigenvalue weighted by molar-refractivity contribution is 6.21. The van der Waals surface area contributed by atoms with E-state index in [1.54, 1.807) is 0 Å². The fraction of sp³-hybridized carbons (Fsp3) is 0.119. The Morgan fingerprint density at radius 2 is 0.506 bits per heavy atom. The maximum atomic E-state index is 2.53. The van der Waals surface area contributed by atoms with Crippen LogP contribution in [0.15, 0.2) is 273 Å². The van der Waals surface area contributed by atoms with E-state index in [4.69, 9.17) is 0 Å². The lowest BCUT2D eigenvalue weighted by molar-refractivity contribution is 0.659. The summed E-state index contributed by atoms with van der Waals surface area (Å²) in [5.41, 5.74) is 31.3. The van der Waals surface area contributed by atoms with Crippen LogP contribution in [-0.4, -0.2) is 0 Å². The number of benzene rings is 13. The molecule has 4 aliphatic rings. The van der Waals surface area contributed by atoms with Crippen LogP contribution in [0, 0.1) is 0 Å². The number of rotatable bonds is 7. The number of nitrogens with zero attached hydrogens (tertiary/aromatic N) is 1. The first-order valence-corrected chi connectivity index (χ1v) is 30.3. The van der Waals surface area contributed by atoms with Crippen LogP contribution in [0.2, 0.25) is 0 Å². The SMILES string of the molecule is CC1(C)c2ccccc2-c2ccc(N(c3ccc4c(c3)C(C)(C)c3ccccc3-4)c3ccc4c(c3)C(C)(C)c3cc(-c5c6ccccc6c(-c6ccc7c(c6)C(c6ccccc6)(c6ccccc6)c6ccccc6-7)c6ccccc56)ccc3-4)cc21. The second-order valence-electron chi connectivity index (χ2n) is 25.9. The van der Waals surface area contributed by atoms with Gasteiger partial charge in [-0.1, -0.05) is 266 Å². The number of hydrogen-bond acceptors (Lipinski definition) is 1. The normalized spacial score (nSPS) is 15.3. The average molecular weight is 1090 g/mol. The minimum atomic E-state index is -0.498. The van der Waals surface area contributed by atoms with Crippen LogP contribution in [-0.2, 0) is 21.7 Å². The van der Waals surface area contributed by atoms with Gasteiger partial charge in [0.2, 0.25) is 0 Å². The van der Waals surface area contributed by atoms with E-state index in [0.29, 0.717) is 0 Å². The first-order chi connectivity index (χ1) is 41.4. The van der Waals surface area contributed by atoms with Gasteiger partial charge in [0.15, 0.2) is 0 Å². The summed E-state index contributed by atoms with van der Waals surface area (Å²) in [6.45, 7) is 14.4. The van der Waals surface area contributed by atoms with Crippen molar-refractivity contribution in [3.8, 4) is 66.8 Å². The molecule has 404 valence electrons. The summed E-state index contributed by atoms with van der Waals surface area (Å²) in [6.07, 6.45) is 0. The van der Waals surface area contributed by atoms with Crippen molar-refractivity contribution in [2.24, 2.45) is 0 Å². The smallest absolute Gasteiger partial charge is 0.0713 e. The number of hydrogen-bond donors (Lipinski definition) is 0. The van der Waals surface area contributed by atoms with Crippen molar-refractivity contribution < 1.29 is 0 Å². The summed E-state index contributed by atoms with van der Waals surface area (Å²) in [6, 6.07) is 104. The van der Waals surface area contributed by atoms with E-state index in [0.717, 1.165) is 5.69 Å². The van der Waals surface area contributed by atoms with Gasteiger partial charge in [-0.2, -0.15) is 0 Å². The molecule has 0 amide bonds.